The Morgan fingerprint density at radius 2 is 0.891 bits per heavy atom. The van der Waals surface area contributed by atoms with Crippen molar-refractivity contribution < 1.29 is 0 Å². The van der Waals surface area contributed by atoms with Gasteiger partial charge < -0.3 is 0 Å². The monoisotopic (exact) mass is 700 g/mol. The third-order valence-corrected chi connectivity index (χ3v) is 11.8. The van der Waals surface area contributed by atoms with E-state index in [1.54, 1.807) is 0 Å². The van der Waals surface area contributed by atoms with Crippen LogP contribution in [0.2, 0.25) is 0 Å². The summed E-state index contributed by atoms with van der Waals surface area (Å²) in [7, 11) is 0. The fraction of sp³-hybridized carbons (Fsp3) is 0.0566. The van der Waals surface area contributed by atoms with Crippen molar-refractivity contribution in [1.82, 2.24) is 9.97 Å². The molecule has 1 heterocycles. The van der Waals surface area contributed by atoms with E-state index < -0.39 is 0 Å². The molecule has 0 spiro atoms. The second-order valence-electron chi connectivity index (χ2n) is 15.3. The molecule has 0 atom stereocenters. The van der Waals surface area contributed by atoms with Gasteiger partial charge in [-0.3, -0.25) is 0 Å². The van der Waals surface area contributed by atoms with Crippen LogP contribution in [0, 0.1) is 0 Å². The lowest BCUT2D eigenvalue weighted by Crippen LogP contribution is -2.14. The van der Waals surface area contributed by atoms with Gasteiger partial charge in [-0.25, -0.2) is 9.97 Å². The summed E-state index contributed by atoms with van der Waals surface area (Å²) in [6, 6.07) is 65.9. The lowest BCUT2D eigenvalue weighted by atomic mass is 9.82. The van der Waals surface area contributed by atoms with E-state index in [0.29, 0.717) is 0 Å². The van der Waals surface area contributed by atoms with Crippen molar-refractivity contribution in [2.75, 3.05) is 0 Å². The topological polar surface area (TPSA) is 25.8 Å². The molecule has 1 aliphatic carbocycles. The molecule has 0 radical (unpaired) electrons. The fourth-order valence-electron chi connectivity index (χ4n) is 9.15. The lowest BCUT2D eigenvalue weighted by molar-refractivity contribution is 0.661. The van der Waals surface area contributed by atoms with Gasteiger partial charge in [-0.15, -0.1) is 0 Å². The number of fused-ring (bicyclic) bond motifs is 11. The average molecular weight is 701 g/mol. The van der Waals surface area contributed by atoms with Gasteiger partial charge in [-0.2, -0.15) is 0 Å². The molecule has 9 aromatic carbocycles. The van der Waals surface area contributed by atoms with Crippen LogP contribution in [-0.4, -0.2) is 9.97 Å². The van der Waals surface area contributed by atoms with Gasteiger partial charge in [0.05, 0.1) is 11.2 Å². The molecule has 0 N–H and O–H groups in total. The van der Waals surface area contributed by atoms with E-state index in [1.165, 1.54) is 65.7 Å². The van der Waals surface area contributed by atoms with E-state index >= 15 is 0 Å². The minimum atomic E-state index is -0.107. The smallest absolute Gasteiger partial charge is 0.160 e. The Bertz CT molecular complexity index is 3140. The summed E-state index contributed by atoms with van der Waals surface area (Å²) in [4.78, 5) is 10.7. The number of rotatable bonds is 4. The number of nitrogens with zero attached hydrogens (tertiary/aromatic N) is 2. The molecule has 0 saturated heterocycles. The fourth-order valence-corrected chi connectivity index (χ4v) is 9.15. The maximum atomic E-state index is 5.40. The number of benzene rings is 9. The summed E-state index contributed by atoms with van der Waals surface area (Å²) in [5.41, 5.74) is 13.8. The van der Waals surface area contributed by atoms with Crippen molar-refractivity contribution >= 4 is 43.2 Å². The molecule has 10 aromatic rings. The molecule has 1 aliphatic rings. The van der Waals surface area contributed by atoms with E-state index in [-0.39, 0.29) is 5.41 Å². The van der Waals surface area contributed by atoms with Crippen LogP contribution < -0.4 is 0 Å². The summed E-state index contributed by atoms with van der Waals surface area (Å²) in [5.74, 6) is 0.725. The predicted octanol–water partition coefficient (Wildman–Crippen LogP) is 14.1. The Kier molecular flexibility index (Phi) is 6.93. The summed E-state index contributed by atoms with van der Waals surface area (Å²) in [5, 5.41) is 8.83. The maximum Gasteiger partial charge on any atom is 0.160 e. The molecule has 1 aromatic heterocycles. The minimum Gasteiger partial charge on any atom is -0.228 e. The van der Waals surface area contributed by atoms with Crippen LogP contribution in [-0.2, 0) is 5.41 Å². The van der Waals surface area contributed by atoms with Crippen molar-refractivity contribution in [1.29, 1.82) is 0 Å². The van der Waals surface area contributed by atoms with E-state index in [2.05, 4.69) is 196 Å². The van der Waals surface area contributed by atoms with E-state index in [1.807, 2.05) is 0 Å². The van der Waals surface area contributed by atoms with Crippen LogP contribution >= 0.6 is 0 Å². The Labute approximate surface area is 320 Å². The van der Waals surface area contributed by atoms with Gasteiger partial charge in [0, 0.05) is 21.9 Å². The molecule has 0 fully saturated rings. The van der Waals surface area contributed by atoms with Crippen LogP contribution in [0.15, 0.2) is 182 Å². The zero-order valence-corrected chi connectivity index (χ0v) is 30.7. The van der Waals surface area contributed by atoms with Crippen LogP contribution in [0.25, 0.3) is 99.2 Å². The molecular formula is C53H36N2. The van der Waals surface area contributed by atoms with Crippen molar-refractivity contribution in [2.45, 2.75) is 19.3 Å². The van der Waals surface area contributed by atoms with Crippen molar-refractivity contribution in [3.8, 4) is 56.0 Å². The zero-order chi connectivity index (χ0) is 36.7. The first-order chi connectivity index (χ1) is 27.0. The molecule has 2 nitrogen and oxygen atoms in total. The molecular weight excluding hydrogens is 665 g/mol. The van der Waals surface area contributed by atoms with Crippen LogP contribution in [0.4, 0.5) is 0 Å². The summed E-state index contributed by atoms with van der Waals surface area (Å²) >= 11 is 0. The first-order valence-electron chi connectivity index (χ1n) is 19.1. The lowest BCUT2D eigenvalue weighted by Gasteiger charge is -2.21. The highest BCUT2D eigenvalue weighted by Gasteiger charge is 2.37. The molecule has 0 amide bonds. The minimum absolute atomic E-state index is 0.107. The van der Waals surface area contributed by atoms with Gasteiger partial charge >= 0.3 is 0 Å². The molecule has 258 valence electrons. The van der Waals surface area contributed by atoms with Crippen LogP contribution in [0.5, 0.6) is 0 Å². The Balaban J connectivity index is 1.04. The zero-order valence-electron chi connectivity index (χ0n) is 30.7. The number of aromatic nitrogens is 2. The molecule has 0 saturated carbocycles. The molecule has 11 rings (SSSR count). The average Bonchev–Trinajstić information content (AvgIpc) is 3.49. The highest BCUT2D eigenvalue weighted by molar-refractivity contribution is 6.25. The van der Waals surface area contributed by atoms with Gasteiger partial charge in [0.25, 0.3) is 0 Å². The molecule has 0 aliphatic heterocycles. The SMILES string of the molecule is CC1(C)c2ccccc2-c2c1ccc1nc(-c3cccc(-c4cccc(-c5ccc6c7ccccc7c7ccccc7c6c5)c4)c3)nc(-c3ccccc3)c21. The number of hydrogen-bond acceptors (Lipinski definition) is 2. The first-order valence-corrected chi connectivity index (χ1v) is 19.1. The second-order valence-corrected chi connectivity index (χ2v) is 15.3. The molecule has 0 bridgehead atoms. The largest absolute Gasteiger partial charge is 0.228 e. The summed E-state index contributed by atoms with van der Waals surface area (Å²) in [6.07, 6.45) is 0. The first kappa shape index (κ1) is 31.6. The van der Waals surface area contributed by atoms with Gasteiger partial charge in [0.1, 0.15) is 0 Å². The predicted molar refractivity (Wildman–Crippen MR) is 231 cm³/mol. The van der Waals surface area contributed by atoms with E-state index in [0.717, 1.165) is 44.7 Å². The molecule has 0 unspecified atom stereocenters. The number of hydrogen-bond donors (Lipinski definition) is 0. The third-order valence-electron chi connectivity index (χ3n) is 11.8. The van der Waals surface area contributed by atoms with E-state index in [9.17, 15) is 0 Å². The Morgan fingerprint density at radius 3 is 1.58 bits per heavy atom. The van der Waals surface area contributed by atoms with Crippen LogP contribution in [0.1, 0.15) is 25.0 Å². The molecule has 55 heavy (non-hydrogen) atoms. The third kappa shape index (κ3) is 4.88. The standard InChI is InChI=1S/C53H36N2/c1-53(2)46-25-11-10-24-44(46)49-47(53)28-29-48-50(49)51(33-14-4-3-5-15-33)55-52(54-48)38-19-13-18-36(31-38)34-16-12-17-35(30-34)37-26-27-43-41-22-7-6-20-39(41)40-21-8-9-23-42(40)45(43)32-37/h3-32H,1-2H3. The normalized spacial score (nSPS) is 13.1. The van der Waals surface area contributed by atoms with Gasteiger partial charge in [0.15, 0.2) is 5.82 Å². The summed E-state index contributed by atoms with van der Waals surface area (Å²) < 4.78 is 0. The Hall–Kier alpha value is -6.90. The Morgan fingerprint density at radius 1 is 0.364 bits per heavy atom. The van der Waals surface area contributed by atoms with Crippen LogP contribution in [0.3, 0.4) is 0 Å². The summed E-state index contributed by atoms with van der Waals surface area (Å²) in [6.45, 7) is 4.65. The van der Waals surface area contributed by atoms with Crippen molar-refractivity contribution in [3.63, 3.8) is 0 Å². The highest BCUT2D eigenvalue weighted by atomic mass is 14.9. The van der Waals surface area contributed by atoms with E-state index in [4.69, 9.17) is 9.97 Å². The maximum absolute atomic E-state index is 5.40. The van der Waals surface area contributed by atoms with Gasteiger partial charge in [-0.05, 0) is 101 Å². The van der Waals surface area contributed by atoms with Crippen molar-refractivity contribution in [2.24, 2.45) is 0 Å². The second kappa shape index (κ2) is 12.1. The van der Waals surface area contributed by atoms with Gasteiger partial charge in [-0.1, -0.05) is 172 Å². The van der Waals surface area contributed by atoms with Gasteiger partial charge in [0.2, 0.25) is 0 Å². The highest BCUT2D eigenvalue weighted by Crippen LogP contribution is 2.52. The van der Waals surface area contributed by atoms with Crippen molar-refractivity contribution in [3.05, 3.63) is 193 Å². The molecule has 2 heteroatoms. The quantitative estimate of drug-likeness (QED) is 0.171.